The monoisotopic (exact) mass is 288 g/mol. The van der Waals surface area contributed by atoms with E-state index in [4.69, 9.17) is 4.74 Å². The van der Waals surface area contributed by atoms with Crippen LogP contribution in [0.2, 0.25) is 0 Å². The number of carbonyl (C=O) groups excluding carboxylic acids is 1. The average Bonchev–Trinajstić information content (AvgIpc) is 2.37. The summed E-state index contributed by atoms with van der Waals surface area (Å²) in [4.78, 5) is 14.0. The van der Waals surface area contributed by atoms with E-state index in [0.29, 0.717) is 13.1 Å². The predicted molar refractivity (Wildman–Crippen MR) is 73.6 cm³/mol. The lowest BCUT2D eigenvalue weighted by Crippen LogP contribution is -2.51. The summed E-state index contributed by atoms with van der Waals surface area (Å²) in [5.41, 5.74) is 0.0223. The zero-order chi connectivity index (χ0) is 13.1. The third-order valence-corrected chi connectivity index (χ3v) is 3.07. The van der Waals surface area contributed by atoms with Crippen LogP contribution in [-0.2, 0) is 0 Å². The maximum Gasteiger partial charge on any atom is 0.260 e. The van der Waals surface area contributed by atoms with Crippen molar-refractivity contribution in [3.05, 3.63) is 29.6 Å². The lowest BCUT2D eigenvalue weighted by molar-refractivity contribution is 0.0700. The molecule has 1 amide bonds. The Morgan fingerprint density at radius 1 is 1.53 bits per heavy atom. The highest BCUT2D eigenvalue weighted by molar-refractivity contribution is 5.97. The lowest BCUT2D eigenvalue weighted by atomic mass is 10.1. The van der Waals surface area contributed by atoms with E-state index >= 15 is 0 Å². The minimum atomic E-state index is -0.537. The van der Waals surface area contributed by atoms with Gasteiger partial charge in [0.05, 0.1) is 7.11 Å². The molecule has 0 aromatic heterocycles. The number of piperazine rings is 1. The van der Waals surface area contributed by atoms with Crippen molar-refractivity contribution in [1.82, 2.24) is 10.2 Å². The normalized spacial score (nSPS) is 18.7. The van der Waals surface area contributed by atoms with Crippen LogP contribution in [0, 0.1) is 5.82 Å². The van der Waals surface area contributed by atoms with Crippen LogP contribution in [0.5, 0.6) is 5.75 Å². The predicted octanol–water partition coefficient (Wildman–Crippen LogP) is 1.69. The van der Waals surface area contributed by atoms with Crippen molar-refractivity contribution in [2.75, 3.05) is 26.7 Å². The van der Waals surface area contributed by atoms with Gasteiger partial charge < -0.3 is 15.0 Å². The summed E-state index contributed by atoms with van der Waals surface area (Å²) in [5, 5.41) is 3.24. The van der Waals surface area contributed by atoms with Gasteiger partial charge in [-0.15, -0.1) is 12.4 Å². The number of amides is 1. The molecule has 19 heavy (non-hydrogen) atoms. The van der Waals surface area contributed by atoms with Gasteiger partial charge in [-0.2, -0.15) is 0 Å². The topological polar surface area (TPSA) is 41.6 Å². The fourth-order valence-electron chi connectivity index (χ4n) is 2.16. The van der Waals surface area contributed by atoms with Crippen LogP contribution in [0.3, 0.4) is 0 Å². The van der Waals surface area contributed by atoms with E-state index in [0.717, 1.165) is 6.54 Å². The van der Waals surface area contributed by atoms with Crippen molar-refractivity contribution in [2.45, 2.75) is 13.0 Å². The smallest absolute Gasteiger partial charge is 0.260 e. The number of nitrogens with one attached hydrogen (secondary N) is 1. The number of benzene rings is 1. The van der Waals surface area contributed by atoms with Gasteiger partial charge in [-0.3, -0.25) is 4.79 Å². The molecule has 1 aromatic rings. The standard InChI is InChI=1S/C13H17FN2O2.ClH/c1-9-8-16(7-6-15-9)13(17)12-10(14)4-3-5-11(12)18-2;/h3-5,9,15H,6-8H2,1-2H3;1H. The summed E-state index contributed by atoms with van der Waals surface area (Å²) in [7, 11) is 1.44. The van der Waals surface area contributed by atoms with Gasteiger partial charge in [0.1, 0.15) is 17.1 Å². The maximum atomic E-state index is 13.8. The third kappa shape index (κ3) is 3.36. The number of methoxy groups -OCH3 is 1. The van der Waals surface area contributed by atoms with E-state index in [9.17, 15) is 9.18 Å². The van der Waals surface area contributed by atoms with Gasteiger partial charge in [0, 0.05) is 25.7 Å². The molecule has 1 heterocycles. The van der Waals surface area contributed by atoms with Crippen LogP contribution in [0.25, 0.3) is 0 Å². The number of nitrogens with zero attached hydrogens (tertiary/aromatic N) is 1. The van der Waals surface area contributed by atoms with Crippen molar-refractivity contribution >= 4 is 18.3 Å². The Balaban J connectivity index is 0.00000180. The minimum Gasteiger partial charge on any atom is -0.496 e. The van der Waals surface area contributed by atoms with Gasteiger partial charge in [-0.25, -0.2) is 4.39 Å². The van der Waals surface area contributed by atoms with Gasteiger partial charge in [0.2, 0.25) is 0 Å². The third-order valence-electron chi connectivity index (χ3n) is 3.07. The maximum absolute atomic E-state index is 13.8. The first kappa shape index (κ1) is 15.7. The van der Waals surface area contributed by atoms with Crippen LogP contribution in [-0.4, -0.2) is 43.6 Å². The molecule has 1 aliphatic heterocycles. The Morgan fingerprint density at radius 2 is 2.26 bits per heavy atom. The molecule has 2 rings (SSSR count). The molecule has 0 aliphatic carbocycles. The van der Waals surface area contributed by atoms with E-state index < -0.39 is 5.82 Å². The molecule has 106 valence electrons. The molecule has 0 radical (unpaired) electrons. The molecule has 1 saturated heterocycles. The quantitative estimate of drug-likeness (QED) is 0.900. The van der Waals surface area contributed by atoms with Crippen molar-refractivity contribution in [3.8, 4) is 5.75 Å². The molecule has 1 N–H and O–H groups in total. The number of carbonyl (C=O) groups is 1. The summed E-state index contributed by atoms with van der Waals surface area (Å²) in [6, 6.07) is 4.63. The number of rotatable bonds is 2. The Bertz CT molecular complexity index is 456. The molecule has 6 heteroatoms. The summed E-state index contributed by atoms with van der Waals surface area (Å²) < 4.78 is 18.9. The molecule has 1 aromatic carbocycles. The molecule has 1 fully saturated rings. The van der Waals surface area contributed by atoms with Crippen molar-refractivity contribution in [1.29, 1.82) is 0 Å². The molecular formula is C13H18ClFN2O2. The first-order valence-electron chi connectivity index (χ1n) is 5.98. The second-order valence-corrected chi connectivity index (χ2v) is 4.42. The Labute approximate surface area is 118 Å². The van der Waals surface area contributed by atoms with Gasteiger partial charge >= 0.3 is 0 Å². The molecule has 1 aliphatic rings. The largest absolute Gasteiger partial charge is 0.496 e. The number of hydrogen-bond donors (Lipinski definition) is 1. The number of halogens is 2. The summed E-state index contributed by atoms with van der Waals surface area (Å²) >= 11 is 0. The van der Waals surface area contributed by atoms with Gasteiger partial charge in [-0.05, 0) is 19.1 Å². The fraction of sp³-hybridized carbons (Fsp3) is 0.462. The molecule has 0 bridgehead atoms. The van der Waals surface area contributed by atoms with E-state index in [1.54, 1.807) is 11.0 Å². The highest BCUT2D eigenvalue weighted by atomic mass is 35.5. The summed E-state index contributed by atoms with van der Waals surface area (Å²) in [5.74, 6) is -0.560. The van der Waals surface area contributed by atoms with Crippen LogP contribution in [0.15, 0.2) is 18.2 Å². The highest BCUT2D eigenvalue weighted by Crippen LogP contribution is 2.23. The molecule has 1 atom stereocenters. The lowest BCUT2D eigenvalue weighted by Gasteiger charge is -2.32. The first-order chi connectivity index (χ1) is 8.63. The number of hydrogen-bond acceptors (Lipinski definition) is 3. The Morgan fingerprint density at radius 3 is 2.89 bits per heavy atom. The molecule has 0 saturated carbocycles. The summed E-state index contributed by atoms with van der Waals surface area (Å²) in [6.45, 7) is 3.89. The van der Waals surface area contributed by atoms with Crippen molar-refractivity contribution in [2.24, 2.45) is 0 Å². The highest BCUT2D eigenvalue weighted by Gasteiger charge is 2.26. The van der Waals surface area contributed by atoms with E-state index in [-0.39, 0.29) is 35.7 Å². The van der Waals surface area contributed by atoms with E-state index in [2.05, 4.69) is 5.32 Å². The van der Waals surface area contributed by atoms with Gasteiger partial charge in [0.25, 0.3) is 5.91 Å². The first-order valence-corrected chi connectivity index (χ1v) is 5.98. The fourth-order valence-corrected chi connectivity index (χ4v) is 2.16. The zero-order valence-corrected chi connectivity index (χ0v) is 11.8. The Kier molecular flexibility index (Phi) is 5.57. The summed E-state index contributed by atoms with van der Waals surface area (Å²) in [6.07, 6.45) is 0. The van der Waals surface area contributed by atoms with Crippen molar-refractivity contribution < 1.29 is 13.9 Å². The van der Waals surface area contributed by atoms with Crippen LogP contribution < -0.4 is 10.1 Å². The van der Waals surface area contributed by atoms with Gasteiger partial charge in [-0.1, -0.05) is 6.07 Å². The molecule has 0 spiro atoms. The minimum absolute atomic E-state index is 0. The number of ether oxygens (including phenoxy) is 1. The molecule has 4 nitrogen and oxygen atoms in total. The van der Waals surface area contributed by atoms with Gasteiger partial charge in [0.15, 0.2) is 0 Å². The molecule has 1 unspecified atom stereocenters. The Hall–Kier alpha value is -1.33. The molecular weight excluding hydrogens is 271 g/mol. The zero-order valence-electron chi connectivity index (χ0n) is 11.0. The SMILES string of the molecule is COc1cccc(F)c1C(=O)N1CCNC(C)C1.Cl. The average molecular weight is 289 g/mol. The van der Waals surface area contributed by atoms with Crippen molar-refractivity contribution in [3.63, 3.8) is 0 Å². The second kappa shape index (κ2) is 6.73. The second-order valence-electron chi connectivity index (χ2n) is 4.42. The van der Waals surface area contributed by atoms with Crippen LogP contribution in [0.4, 0.5) is 4.39 Å². The van der Waals surface area contributed by atoms with E-state index in [1.807, 2.05) is 6.92 Å². The van der Waals surface area contributed by atoms with Crippen LogP contribution in [0.1, 0.15) is 17.3 Å². The van der Waals surface area contributed by atoms with Crippen LogP contribution >= 0.6 is 12.4 Å². The van der Waals surface area contributed by atoms with E-state index in [1.165, 1.54) is 19.2 Å².